The lowest BCUT2D eigenvalue weighted by Gasteiger charge is -2.45. The number of nitrogens with zero attached hydrogens (tertiary/aromatic N) is 1. The molecule has 1 aromatic rings. The van der Waals surface area contributed by atoms with Crippen LogP contribution in [0.15, 0.2) is 30.3 Å². The molecule has 1 aromatic carbocycles. The Morgan fingerprint density at radius 2 is 1.86 bits per heavy atom. The molecule has 2 bridgehead atoms. The lowest BCUT2D eigenvalue weighted by molar-refractivity contribution is -0.0757. The minimum Gasteiger partial charge on any atom is -0.443 e. The van der Waals surface area contributed by atoms with E-state index in [4.69, 9.17) is 4.74 Å². The fourth-order valence-corrected chi connectivity index (χ4v) is 4.17. The van der Waals surface area contributed by atoms with Crippen molar-refractivity contribution in [3.63, 3.8) is 0 Å². The molecule has 1 spiro atoms. The van der Waals surface area contributed by atoms with E-state index in [0.717, 1.165) is 31.4 Å². The third kappa shape index (κ3) is 2.95. The van der Waals surface area contributed by atoms with Gasteiger partial charge in [0.25, 0.3) is 0 Å². The summed E-state index contributed by atoms with van der Waals surface area (Å²) in [6.07, 6.45) is 5.30. The van der Waals surface area contributed by atoms with Crippen molar-refractivity contribution in [2.24, 2.45) is 0 Å². The van der Waals surface area contributed by atoms with Crippen LogP contribution in [0.4, 0.5) is 4.79 Å². The molecule has 4 rings (SSSR count). The maximum Gasteiger partial charge on any atom is 0.410 e. The first-order chi connectivity index (χ1) is 10.2. The molecular weight excluding hydrogens is 300 g/mol. The highest BCUT2D eigenvalue weighted by atomic mass is 35.5. The molecule has 120 valence electrons. The predicted octanol–water partition coefficient (Wildman–Crippen LogP) is 3.10. The van der Waals surface area contributed by atoms with E-state index in [0.29, 0.717) is 18.6 Å². The van der Waals surface area contributed by atoms with E-state index < -0.39 is 0 Å². The van der Waals surface area contributed by atoms with Gasteiger partial charge in [-0.1, -0.05) is 30.3 Å². The summed E-state index contributed by atoms with van der Waals surface area (Å²) in [7, 11) is 0. The van der Waals surface area contributed by atoms with Crippen LogP contribution in [-0.2, 0) is 11.3 Å². The average molecular weight is 323 g/mol. The lowest BCUT2D eigenvalue weighted by atomic mass is 9.83. The number of hydrogen-bond acceptors (Lipinski definition) is 3. The van der Waals surface area contributed by atoms with Crippen LogP contribution < -0.4 is 5.32 Å². The maximum atomic E-state index is 12.4. The van der Waals surface area contributed by atoms with Crippen LogP contribution in [0.3, 0.4) is 0 Å². The van der Waals surface area contributed by atoms with Gasteiger partial charge in [0.05, 0.1) is 0 Å². The third-order valence-electron chi connectivity index (χ3n) is 5.19. The molecule has 0 radical (unpaired) electrons. The maximum absolute atomic E-state index is 12.4. The zero-order valence-electron chi connectivity index (χ0n) is 12.7. The Labute approximate surface area is 137 Å². The molecule has 3 aliphatic rings. The Morgan fingerprint density at radius 3 is 2.50 bits per heavy atom. The second-order valence-electron chi connectivity index (χ2n) is 6.75. The molecule has 2 atom stereocenters. The van der Waals surface area contributed by atoms with Gasteiger partial charge < -0.3 is 15.0 Å². The van der Waals surface area contributed by atoms with Gasteiger partial charge in [0.15, 0.2) is 0 Å². The second-order valence-corrected chi connectivity index (χ2v) is 6.75. The zero-order valence-corrected chi connectivity index (χ0v) is 13.5. The van der Waals surface area contributed by atoms with Gasteiger partial charge in [0.2, 0.25) is 0 Å². The molecule has 3 aliphatic heterocycles. The molecule has 3 saturated heterocycles. The van der Waals surface area contributed by atoms with Crippen LogP contribution in [0.5, 0.6) is 0 Å². The summed E-state index contributed by atoms with van der Waals surface area (Å²) in [4.78, 5) is 14.2. The molecular formula is C17H23ClN2O2. The zero-order chi connectivity index (χ0) is 14.3. The number of hydrogen-bond donors (Lipinski definition) is 1. The number of fused-ring (bicyclic) bond motifs is 2. The van der Waals surface area contributed by atoms with Crippen molar-refractivity contribution < 1.29 is 9.53 Å². The lowest BCUT2D eigenvalue weighted by Crippen LogP contribution is -2.56. The summed E-state index contributed by atoms with van der Waals surface area (Å²) >= 11 is 0. The van der Waals surface area contributed by atoms with E-state index in [1.54, 1.807) is 0 Å². The van der Waals surface area contributed by atoms with Crippen molar-refractivity contribution >= 4 is 18.5 Å². The Balaban J connectivity index is 0.00000144. The number of benzene rings is 1. The van der Waals surface area contributed by atoms with Crippen LogP contribution in [-0.4, -0.2) is 35.2 Å². The van der Waals surface area contributed by atoms with Crippen molar-refractivity contribution in [1.82, 2.24) is 10.2 Å². The van der Waals surface area contributed by atoms with Crippen LogP contribution >= 0.6 is 12.4 Å². The molecule has 1 amide bonds. The standard InChI is InChI=1S/C17H22N2O2.ClH/c20-16-19(12-13-4-2-1-3-5-13)9-8-17(21-16)10-14-6-7-15(11-17)18-14;/h1-5,14-15,18H,6-12H2;1H. The quantitative estimate of drug-likeness (QED) is 0.909. The van der Waals surface area contributed by atoms with Gasteiger partial charge in [-0.25, -0.2) is 4.79 Å². The summed E-state index contributed by atoms with van der Waals surface area (Å²) in [5, 5.41) is 3.62. The number of nitrogens with one attached hydrogen (secondary N) is 1. The molecule has 0 aromatic heterocycles. The van der Waals surface area contributed by atoms with Gasteiger partial charge in [0, 0.05) is 44.4 Å². The summed E-state index contributed by atoms with van der Waals surface area (Å²) in [5.41, 5.74) is 0.970. The monoisotopic (exact) mass is 322 g/mol. The highest BCUT2D eigenvalue weighted by Crippen LogP contribution is 2.41. The molecule has 5 heteroatoms. The van der Waals surface area contributed by atoms with Gasteiger partial charge >= 0.3 is 6.09 Å². The van der Waals surface area contributed by atoms with Crippen LogP contribution in [0.1, 0.15) is 37.7 Å². The number of carbonyl (C=O) groups is 1. The first-order valence-corrected chi connectivity index (χ1v) is 8.00. The van der Waals surface area contributed by atoms with Crippen LogP contribution in [0, 0.1) is 0 Å². The SMILES string of the molecule is Cl.O=C1OC2(CCN1Cc1ccccc1)CC1CCC(C2)N1. The molecule has 0 aliphatic carbocycles. The van der Waals surface area contributed by atoms with Crippen LogP contribution in [0.2, 0.25) is 0 Å². The van der Waals surface area contributed by atoms with Gasteiger partial charge in [-0.05, 0) is 18.4 Å². The molecule has 4 nitrogen and oxygen atoms in total. The predicted molar refractivity (Wildman–Crippen MR) is 87.1 cm³/mol. The molecule has 1 N–H and O–H groups in total. The smallest absolute Gasteiger partial charge is 0.410 e. The van der Waals surface area contributed by atoms with Crippen molar-refractivity contribution in [3.05, 3.63) is 35.9 Å². The Bertz CT molecular complexity index is 525. The molecule has 2 unspecified atom stereocenters. The van der Waals surface area contributed by atoms with E-state index >= 15 is 0 Å². The topological polar surface area (TPSA) is 41.6 Å². The van der Waals surface area contributed by atoms with Crippen LogP contribution in [0.25, 0.3) is 0 Å². The highest BCUT2D eigenvalue weighted by Gasteiger charge is 2.48. The molecule has 22 heavy (non-hydrogen) atoms. The van der Waals surface area contributed by atoms with Crippen molar-refractivity contribution in [1.29, 1.82) is 0 Å². The summed E-state index contributed by atoms with van der Waals surface area (Å²) in [6.45, 7) is 1.47. The van der Waals surface area contributed by atoms with Crippen molar-refractivity contribution in [3.8, 4) is 0 Å². The summed E-state index contributed by atoms with van der Waals surface area (Å²) < 4.78 is 5.93. The second kappa shape index (κ2) is 6.09. The Hall–Kier alpha value is -1.26. The van der Waals surface area contributed by atoms with Gasteiger partial charge in [-0.15, -0.1) is 12.4 Å². The Morgan fingerprint density at radius 1 is 1.18 bits per heavy atom. The minimum absolute atomic E-state index is 0. The highest BCUT2D eigenvalue weighted by molar-refractivity contribution is 5.85. The first kappa shape index (κ1) is 15.6. The minimum atomic E-state index is -0.193. The molecule has 0 saturated carbocycles. The number of halogens is 1. The van der Waals surface area contributed by atoms with Crippen molar-refractivity contribution in [2.75, 3.05) is 6.54 Å². The number of ether oxygens (including phenoxy) is 1. The van der Waals surface area contributed by atoms with E-state index in [2.05, 4.69) is 17.4 Å². The van der Waals surface area contributed by atoms with Crippen molar-refractivity contribution in [2.45, 2.75) is 56.3 Å². The number of rotatable bonds is 2. The number of piperidine rings is 1. The first-order valence-electron chi connectivity index (χ1n) is 8.00. The Kier molecular flexibility index (Phi) is 4.33. The number of carbonyl (C=O) groups excluding carboxylic acids is 1. The summed E-state index contributed by atoms with van der Waals surface area (Å²) in [6, 6.07) is 11.2. The van der Waals surface area contributed by atoms with E-state index in [1.165, 1.54) is 12.8 Å². The average Bonchev–Trinajstić information content (AvgIpc) is 2.83. The normalized spacial score (nSPS) is 33.5. The largest absolute Gasteiger partial charge is 0.443 e. The fourth-order valence-electron chi connectivity index (χ4n) is 4.17. The van der Waals surface area contributed by atoms with E-state index in [1.807, 2.05) is 23.1 Å². The van der Waals surface area contributed by atoms with Gasteiger partial charge in [-0.3, -0.25) is 0 Å². The van der Waals surface area contributed by atoms with E-state index in [9.17, 15) is 4.79 Å². The fraction of sp³-hybridized carbons (Fsp3) is 0.588. The molecule has 3 fully saturated rings. The van der Waals surface area contributed by atoms with Gasteiger partial charge in [0.1, 0.15) is 5.60 Å². The van der Waals surface area contributed by atoms with Gasteiger partial charge in [-0.2, -0.15) is 0 Å². The number of amides is 1. The van der Waals surface area contributed by atoms with E-state index in [-0.39, 0.29) is 24.1 Å². The molecule has 3 heterocycles. The summed E-state index contributed by atoms with van der Waals surface area (Å²) in [5.74, 6) is 0. The third-order valence-corrected chi connectivity index (χ3v) is 5.19.